The van der Waals surface area contributed by atoms with Crippen molar-refractivity contribution in [3.05, 3.63) is 70.5 Å². The van der Waals surface area contributed by atoms with Gasteiger partial charge < -0.3 is 9.30 Å². The summed E-state index contributed by atoms with van der Waals surface area (Å²) in [5, 5.41) is 0.428. The van der Waals surface area contributed by atoms with Gasteiger partial charge in [-0.3, -0.25) is 0 Å². The average molecular weight is 424 g/mol. The number of hydrogen-bond donors (Lipinski definition) is 0. The van der Waals surface area contributed by atoms with Crippen molar-refractivity contribution < 1.29 is 22.7 Å². The van der Waals surface area contributed by atoms with Crippen molar-refractivity contribution in [1.82, 2.24) is 14.5 Å². The van der Waals surface area contributed by atoms with Crippen LogP contribution in [0.1, 0.15) is 34.5 Å². The lowest BCUT2D eigenvalue weighted by atomic mass is 10.0. The molecule has 0 bridgehead atoms. The quantitative estimate of drug-likeness (QED) is 0.532. The number of hydrogen-bond acceptors (Lipinski definition) is 4. The minimum absolute atomic E-state index is 0.0201. The topological polar surface area (TPSA) is 57.0 Å². The molecule has 0 N–H and O–H groups in total. The summed E-state index contributed by atoms with van der Waals surface area (Å²) in [4.78, 5) is 20.7. The van der Waals surface area contributed by atoms with Gasteiger partial charge in [0.15, 0.2) is 0 Å². The molecular weight excluding hydrogens is 407 g/mol. The van der Waals surface area contributed by atoms with Crippen molar-refractivity contribution in [2.24, 2.45) is 0 Å². The maximum Gasteiger partial charge on any atom is 0.431 e. The van der Waals surface area contributed by atoms with Gasteiger partial charge in [0.05, 0.1) is 13.2 Å². The van der Waals surface area contributed by atoms with Gasteiger partial charge in [-0.25, -0.2) is 14.8 Å². The second-order valence-electron chi connectivity index (χ2n) is 6.17. The van der Waals surface area contributed by atoms with Crippen molar-refractivity contribution in [2.75, 3.05) is 6.61 Å². The highest BCUT2D eigenvalue weighted by Crippen LogP contribution is 2.41. The first-order chi connectivity index (χ1) is 13.7. The molecule has 0 spiro atoms. The van der Waals surface area contributed by atoms with Gasteiger partial charge in [0, 0.05) is 23.0 Å². The molecule has 1 aromatic carbocycles. The average Bonchev–Trinajstić information content (AvgIpc) is 2.95. The minimum Gasteiger partial charge on any atom is -0.461 e. The molecular formula is C20H17ClF3N3O2. The summed E-state index contributed by atoms with van der Waals surface area (Å²) in [6.45, 7) is 2.60. The van der Waals surface area contributed by atoms with Crippen LogP contribution in [0.25, 0.3) is 11.1 Å². The Balaban J connectivity index is 2.32. The van der Waals surface area contributed by atoms with E-state index in [1.807, 2.05) is 0 Å². The van der Waals surface area contributed by atoms with E-state index in [0.717, 1.165) is 4.57 Å². The Hall–Kier alpha value is -2.87. The van der Waals surface area contributed by atoms with Gasteiger partial charge in [0.25, 0.3) is 0 Å². The van der Waals surface area contributed by atoms with Crippen LogP contribution in [0, 0.1) is 6.92 Å². The van der Waals surface area contributed by atoms with Crippen LogP contribution in [-0.2, 0) is 17.5 Å². The zero-order chi connectivity index (χ0) is 21.2. The number of halogens is 4. The molecule has 2 heterocycles. The lowest BCUT2D eigenvalue weighted by Gasteiger charge is -2.15. The van der Waals surface area contributed by atoms with Gasteiger partial charge in [-0.05, 0) is 43.2 Å². The fraction of sp³-hybridized carbons (Fsp3) is 0.250. The van der Waals surface area contributed by atoms with E-state index in [1.54, 1.807) is 37.3 Å². The fourth-order valence-corrected chi connectivity index (χ4v) is 3.33. The van der Waals surface area contributed by atoms with Gasteiger partial charge >= 0.3 is 12.1 Å². The minimum atomic E-state index is -4.70. The molecule has 0 fully saturated rings. The van der Waals surface area contributed by atoms with Crippen LogP contribution >= 0.6 is 11.6 Å². The molecule has 0 aliphatic heterocycles. The second kappa shape index (κ2) is 8.24. The van der Waals surface area contributed by atoms with E-state index < -0.39 is 17.8 Å². The van der Waals surface area contributed by atoms with Crippen molar-refractivity contribution in [3.8, 4) is 11.1 Å². The number of nitrogens with zero attached hydrogens (tertiary/aromatic N) is 3. The summed E-state index contributed by atoms with van der Waals surface area (Å²) in [5.74, 6) is -0.715. The van der Waals surface area contributed by atoms with E-state index in [9.17, 15) is 18.0 Å². The molecule has 152 valence electrons. The van der Waals surface area contributed by atoms with Crippen LogP contribution in [0.15, 0.2) is 42.7 Å². The van der Waals surface area contributed by atoms with Gasteiger partial charge in [0.2, 0.25) is 0 Å². The number of rotatable bonds is 5. The molecule has 0 saturated carbocycles. The monoisotopic (exact) mass is 423 g/mol. The Labute approximate surface area is 170 Å². The molecule has 0 saturated heterocycles. The molecule has 0 radical (unpaired) electrons. The maximum atomic E-state index is 14.0. The lowest BCUT2D eigenvalue weighted by Crippen LogP contribution is -2.21. The normalized spacial score (nSPS) is 11.5. The molecule has 0 amide bonds. The molecule has 3 aromatic rings. The summed E-state index contributed by atoms with van der Waals surface area (Å²) in [6, 6.07) is 7.79. The summed E-state index contributed by atoms with van der Waals surface area (Å²) in [5.41, 5.74) is -0.667. The largest absolute Gasteiger partial charge is 0.461 e. The molecule has 3 rings (SSSR count). The molecule has 9 heteroatoms. The Morgan fingerprint density at radius 2 is 1.79 bits per heavy atom. The Bertz CT molecular complexity index is 1020. The van der Waals surface area contributed by atoms with Crippen LogP contribution < -0.4 is 0 Å². The Kier molecular flexibility index (Phi) is 5.93. The molecule has 0 aliphatic rings. The highest BCUT2D eigenvalue weighted by atomic mass is 35.5. The Morgan fingerprint density at radius 1 is 1.17 bits per heavy atom. The number of aromatic nitrogens is 3. The summed E-state index contributed by atoms with van der Waals surface area (Å²) >= 11 is 5.91. The fourth-order valence-electron chi connectivity index (χ4n) is 3.20. The van der Waals surface area contributed by atoms with Gasteiger partial charge in [-0.2, -0.15) is 13.2 Å². The van der Waals surface area contributed by atoms with E-state index in [-0.39, 0.29) is 35.8 Å². The first-order valence-corrected chi connectivity index (χ1v) is 9.11. The standard InChI is InChI=1S/C20H17ClF3N3O2/c1-3-29-19(28)17-16(13-5-7-14(21)8-6-13)12(2)18(20(22,23)24)27(17)11-15-25-9-4-10-26-15/h4-10H,3,11H2,1-2H3. The highest BCUT2D eigenvalue weighted by molar-refractivity contribution is 6.30. The van der Waals surface area contributed by atoms with Crippen molar-refractivity contribution in [1.29, 1.82) is 0 Å². The molecule has 2 aromatic heterocycles. The van der Waals surface area contributed by atoms with Crippen molar-refractivity contribution >= 4 is 17.6 Å². The molecule has 0 unspecified atom stereocenters. The molecule has 5 nitrogen and oxygen atoms in total. The zero-order valence-corrected chi connectivity index (χ0v) is 16.4. The first kappa shape index (κ1) is 20.9. The van der Waals surface area contributed by atoms with Gasteiger partial charge in [-0.15, -0.1) is 0 Å². The van der Waals surface area contributed by atoms with Crippen molar-refractivity contribution in [3.63, 3.8) is 0 Å². The van der Waals surface area contributed by atoms with E-state index in [4.69, 9.17) is 16.3 Å². The third kappa shape index (κ3) is 4.27. The SMILES string of the molecule is CCOC(=O)c1c(-c2ccc(Cl)cc2)c(C)c(C(F)(F)F)n1Cc1ncccn1. The third-order valence-corrected chi connectivity index (χ3v) is 4.55. The van der Waals surface area contributed by atoms with E-state index >= 15 is 0 Å². The smallest absolute Gasteiger partial charge is 0.431 e. The molecule has 0 aliphatic carbocycles. The van der Waals surface area contributed by atoms with Crippen LogP contribution in [0.2, 0.25) is 5.02 Å². The number of alkyl halides is 3. The molecule has 0 atom stereocenters. The van der Waals surface area contributed by atoms with Gasteiger partial charge in [-0.1, -0.05) is 23.7 Å². The summed E-state index contributed by atoms with van der Waals surface area (Å²) < 4.78 is 48.0. The predicted molar refractivity (Wildman–Crippen MR) is 102 cm³/mol. The van der Waals surface area contributed by atoms with E-state index in [1.165, 1.54) is 19.3 Å². The van der Waals surface area contributed by atoms with Gasteiger partial charge in [0.1, 0.15) is 17.2 Å². The summed E-state index contributed by atoms with van der Waals surface area (Å²) in [6.07, 6.45) is -1.85. The van der Waals surface area contributed by atoms with Crippen molar-refractivity contribution in [2.45, 2.75) is 26.6 Å². The number of esters is 1. The van der Waals surface area contributed by atoms with Crippen LogP contribution in [0.4, 0.5) is 13.2 Å². The molecule has 29 heavy (non-hydrogen) atoms. The lowest BCUT2D eigenvalue weighted by molar-refractivity contribution is -0.143. The second-order valence-corrected chi connectivity index (χ2v) is 6.61. The van der Waals surface area contributed by atoms with E-state index in [0.29, 0.717) is 10.6 Å². The zero-order valence-electron chi connectivity index (χ0n) is 15.6. The Morgan fingerprint density at radius 3 is 2.34 bits per heavy atom. The number of carbonyl (C=O) groups excluding carboxylic acids is 1. The first-order valence-electron chi connectivity index (χ1n) is 8.73. The maximum absolute atomic E-state index is 14.0. The van der Waals surface area contributed by atoms with Crippen LogP contribution in [0.3, 0.4) is 0 Å². The predicted octanol–water partition coefficient (Wildman–Crippen LogP) is 5.15. The number of ether oxygens (including phenoxy) is 1. The highest BCUT2D eigenvalue weighted by Gasteiger charge is 2.41. The van der Waals surface area contributed by atoms with E-state index in [2.05, 4.69) is 9.97 Å². The third-order valence-electron chi connectivity index (χ3n) is 4.30. The van der Waals surface area contributed by atoms with Crippen LogP contribution in [-0.4, -0.2) is 27.1 Å². The van der Waals surface area contributed by atoms with Crippen LogP contribution in [0.5, 0.6) is 0 Å². The number of carbonyl (C=O) groups is 1. The summed E-state index contributed by atoms with van der Waals surface area (Å²) in [7, 11) is 0. The number of benzene rings is 1.